The summed E-state index contributed by atoms with van der Waals surface area (Å²) >= 11 is 11.7. The molecule has 0 aromatic rings. The lowest BCUT2D eigenvalue weighted by molar-refractivity contribution is -0.116. The first-order valence-corrected chi connectivity index (χ1v) is 7.07. The van der Waals surface area contributed by atoms with Gasteiger partial charge in [-0.15, -0.1) is 23.2 Å². The Bertz CT molecular complexity index is 428. The highest BCUT2D eigenvalue weighted by molar-refractivity contribution is 6.34. The Morgan fingerprint density at radius 1 is 1.50 bits per heavy atom. The first-order valence-electron chi connectivity index (χ1n) is 6.10. The van der Waals surface area contributed by atoms with Crippen molar-refractivity contribution in [1.29, 1.82) is 0 Å². The lowest BCUT2D eigenvalue weighted by Gasteiger charge is -2.34. The van der Waals surface area contributed by atoms with E-state index in [4.69, 9.17) is 23.2 Å². The van der Waals surface area contributed by atoms with Crippen LogP contribution in [0.3, 0.4) is 0 Å². The molecule has 0 fully saturated rings. The summed E-state index contributed by atoms with van der Waals surface area (Å²) in [5.74, 6) is 0.551. The molecule has 0 aliphatic heterocycles. The topological polar surface area (TPSA) is 17.1 Å². The van der Waals surface area contributed by atoms with Gasteiger partial charge in [0.1, 0.15) is 0 Å². The third kappa shape index (κ3) is 3.49. The van der Waals surface area contributed by atoms with E-state index in [0.29, 0.717) is 12.3 Å². The lowest BCUT2D eigenvalue weighted by Crippen LogP contribution is -2.32. The predicted octanol–water partition coefficient (Wildman–Crippen LogP) is 4.65. The molecule has 18 heavy (non-hydrogen) atoms. The fraction of sp³-hybridized carbons (Fsp3) is 0.533. The van der Waals surface area contributed by atoms with Gasteiger partial charge in [0.2, 0.25) is 0 Å². The van der Waals surface area contributed by atoms with E-state index >= 15 is 0 Å². The molecule has 0 aromatic heterocycles. The Morgan fingerprint density at radius 3 is 2.67 bits per heavy atom. The van der Waals surface area contributed by atoms with Gasteiger partial charge in [-0.3, -0.25) is 4.79 Å². The zero-order valence-electron chi connectivity index (χ0n) is 11.4. The molecule has 0 N–H and O–H groups in total. The largest absolute Gasteiger partial charge is 0.293 e. The average molecular weight is 287 g/mol. The zero-order chi connectivity index (χ0) is 13.9. The highest BCUT2D eigenvalue weighted by Gasteiger charge is 2.36. The van der Waals surface area contributed by atoms with Crippen molar-refractivity contribution in [2.75, 3.05) is 5.88 Å². The van der Waals surface area contributed by atoms with Crippen molar-refractivity contribution >= 4 is 29.0 Å². The van der Waals surface area contributed by atoms with Crippen molar-refractivity contribution < 1.29 is 4.79 Å². The number of ketones is 1. The molecule has 1 aliphatic rings. The van der Waals surface area contributed by atoms with E-state index in [2.05, 4.69) is 13.8 Å². The molecule has 0 saturated heterocycles. The second-order valence-electron chi connectivity index (χ2n) is 5.39. The van der Waals surface area contributed by atoms with Gasteiger partial charge in [0.25, 0.3) is 0 Å². The van der Waals surface area contributed by atoms with E-state index < -0.39 is 5.38 Å². The van der Waals surface area contributed by atoms with Gasteiger partial charge < -0.3 is 0 Å². The van der Waals surface area contributed by atoms with E-state index in [1.165, 1.54) is 0 Å². The molecule has 0 amide bonds. The number of Topliss-reactive ketones (excluding diaryl/α,β-unsaturated/α-hetero) is 1. The smallest absolute Gasteiger partial charge is 0.176 e. The Kier molecular flexibility index (Phi) is 5.24. The number of rotatable bonds is 3. The van der Waals surface area contributed by atoms with Gasteiger partial charge >= 0.3 is 0 Å². The number of hydrogen-bond acceptors (Lipinski definition) is 1. The maximum atomic E-state index is 11.9. The summed E-state index contributed by atoms with van der Waals surface area (Å²) in [6, 6.07) is 0. The molecule has 0 bridgehead atoms. The molecule has 0 radical (unpaired) electrons. The molecule has 1 atom stereocenters. The Balaban J connectivity index is 3.11. The van der Waals surface area contributed by atoms with Gasteiger partial charge in [0.05, 0.1) is 5.38 Å². The number of alkyl halides is 2. The fourth-order valence-electron chi connectivity index (χ4n) is 2.28. The molecule has 3 heteroatoms. The van der Waals surface area contributed by atoms with Crippen LogP contribution in [-0.4, -0.2) is 17.0 Å². The molecule has 1 aliphatic carbocycles. The van der Waals surface area contributed by atoms with Crippen LogP contribution in [0.1, 0.15) is 34.1 Å². The second-order valence-corrected chi connectivity index (χ2v) is 6.23. The fourth-order valence-corrected chi connectivity index (χ4v) is 3.07. The maximum Gasteiger partial charge on any atom is 0.176 e. The zero-order valence-corrected chi connectivity index (χ0v) is 12.9. The van der Waals surface area contributed by atoms with Gasteiger partial charge in [-0.05, 0) is 36.8 Å². The van der Waals surface area contributed by atoms with Gasteiger partial charge in [-0.25, -0.2) is 0 Å². The minimum Gasteiger partial charge on any atom is -0.293 e. The van der Waals surface area contributed by atoms with Crippen molar-refractivity contribution in [2.45, 2.75) is 39.5 Å². The van der Waals surface area contributed by atoms with Crippen LogP contribution in [0.4, 0.5) is 0 Å². The van der Waals surface area contributed by atoms with Crippen LogP contribution in [0.5, 0.6) is 0 Å². The molecule has 1 nitrogen and oxygen atoms in total. The average Bonchev–Trinajstić information content (AvgIpc) is 2.25. The summed E-state index contributed by atoms with van der Waals surface area (Å²) in [4.78, 5) is 11.9. The van der Waals surface area contributed by atoms with Crippen LogP contribution in [-0.2, 0) is 4.79 Å². The minimum atomic E-state index is -0.392. The van der Waals surface area contributed by atoms with Crippen LogP contribution in [0.2, 0.25) is 0 Å². The molecular weight excluding hydrogens is 267 g/mol. The molecule has 0 aromatic carbocycles. The van der Waals surface area contributed by atoms with E-state index in [-0.39, 0.29) is 11.2 Å². The molecule has 0 heterocycles. The van der Waals surface area contributed by atoms with Crippen LogP contribution >= 0.6 is 23.2 Å². The van der Waals surface area contributed by atoms with Crippen molar-refractivity contribution in [3.05, 3.63) is 34.9 Å². The summed E-state index contributed by atoms with van der Waals surface area (Å²) in [6.45, 7) is 8.10. The Labute approximate surface area is 120 Å². The van der Waals surface area contributed by atoms with Gasteiger partial charge in [0.15, 0.2) is 5.78 Å². The van der Waals surface area contributed by atoms with E-state index in [1.807, 2.05) is 32.1 Å². The van der Waals surface area contributed by atoms with Gasteiger partial charge in [-0.1, -0.05) is 37.6 Å². The SMILES string of the molecule is CC1=C(/C=C/C(C)=C/CCl)C(C)(C)CC(Cl)C1=O. The number of hydrogen-bond donors (Lipinski definition) is 0. The highest BCUT2D eigenvalue weighted by atomic mass is 35.5. The first-order chi connectivity index (χ1) is 8.29. The van der Waals surface area contributed by atoms with E-state index in [0.717, 1.165) is 16.7 Å². The van der Waals surface area contributed by atoms with Crippen molar-refractivity contribution in [2.24, 2.45) is 5.41 Å². The highest BCUT2D eigenvalue weighted by Crippen LogP contribution is 2.41. The van der Waals surface area contributed by atoms with Gasteiger partial charge in [-0.2, -0.15) is 0 Å². The summed E-state index contributed by atoms with van der Waals surface area (Å²) in [5, 5.41) is -0.392. The van der Waals surface area contributed by atoms with E-state index in [9.17, 15) is 4.79 Å². The van der Waals surface area contributed by atoms with E-state index in [1.54, 1.807) is 0 Å². The van der Waals surface area contributed by atoms with Crippen molar-refractivity contribution in [3.63, 3.8) is 0 Å². The maximum absolute atomic E-state index is 11.9. The molecule has 1 rings (SSSR count). The summed E-state index contributed by atoms with van der Waals surface area (Å²) in [5.41, 5.74) is 2.89. The molecule has 1 unspecified atom stereocenters. The van der Waals surface area contributed by atoms with Gasteiger partial charge in [0, 0.05) is 5.88 Å². The molecular formula is C15H20Cl2O. The Hall–Kier alpha value is -0.530. The van der Waals surface area contributed by atoms with Crippen LogP contribution in [0.15, 0.2) is 34.9 Å². The predicted molar refractivity (Wildman–Crippen MR) is 79.4 cm³/mol. The number of halogens is 2. The Morgan fingerprint density at radius 2 is 2.11 bits per heavy atom. The molecule has 0 spiro atoms. The van der Waals surface area contributed by atoms with Crippen molar-refractivity contribution in [1.82, 2.24) is 0 Å². The lowest BCUT2D eigenvalue weighted by atomic mass is 9.72. The number of allylic oxidation sites excluding steroid dienone is 6. The third-order valence-corrected chi connectivity index (χ3v) is 3.90. The number of carbonyl (C=O) groups is 1. The number of carbonyl (C=O) groups excluding carboxylic acids is 1. The normalized spacial score (nSPS) is 25.1. The first kappa shape index (κ1) is 15.5. The van der Waals surface area contributed by atoms with Crippen LogP contribution in [0.25, 0.3) is 0 Å². The van der Waals surface area contributed by atoms with Crippen LogP contribution in [0, 0.1) is 5.41 Å². The third-order valence-electron chi connectivity index (χ3n) is 3.39. The molecule has 0 saturated carbocycles. The summed E-state index contributed by atoms with van der Waals surface area (Å²) in [6.07, 6.45) is 6.65. The summed E-state index contributed by atoms with van der Waals surface area (Å²) < 4.78 is 0. The van der Waals surface area contributed by atoms with Crippen LogP contribution < -0.4 is 0 Å². The summed E-state index contributed by atoms with van der Waals surface area (Å²) in [7, 11) is 0. The van der Waals surface area contributed by atoms with Crippen molar-refractivity contribution in [3.8, 4) is 0 Å². The molecule has 100 valence electrons. The quantitative estimate of drug-likeness (QED) is 0.545. The minimum absolute atomic E-state index is 0.0506. The standard InChI is InChI=1S/C15H20Cl2O/c1-10(7-8-16)5-6-12-11(2)14(18)13(17)9-15(12,3)4/h5-7,13H,8-9H2,1-4H3/b6-5+,10-7+. The second kappa shape index (κ2) is 6.08. The monoisotopic (exact) mass is 286 g/mol.